The Labute approximate surface area is 88.2 Å². The highest BCUT2D eigenvalue weighted by Gasteiger charge is 2.04. The molecule has 0 saturated carbocycles. The van der Waals surface area contributed by atoms with E-state index in [1.807, 2.05) is 19.1 Å². The van der Waals surface area contributed by atoms with Crippen molar-refractivity contribution in [1.82, 2.24) is 0 Å². The average Bonchev–Trinajstić information content (AvgIpc) is 2.51. The number of thiophene rings is 1. The highest BCUT2D eigenvalue weighted by Crippen LogP contribution is 2.17. The van der Waals surface area contributed by atoms with Gasteiger partial charge in [0.05, 0.1) is 6.61 Å². The van der Waals surface area contributed by atoms with E-state index < -0.39 is 0 Å². The molecule has 0 bridgehead atoms. The van der Waals surface area contributed by atoms with Crippen LogP contribution < -0.4 is 0 Å². The van der Waals surface area contributed by atoms with Crippen molar-refractivity contribution >= 4 is 23.4 Å². The molecule has 0 unspecified atom stereocenters. The van der Waals surface area contributed by atoms with Gasteiger partial charge in [0.2, 0.25) is 0 Å². The first kappa shape index (κ1) is 11.0. The van der Waals surface area contributed by atoms with Crippen LogP contribution in [0.1, 0.15) is 24.3 Å². The number of carbonyl (C=O) groups excluding carboxylic acids is 1. The molecule has 0 aliphatic heterocycles. The lowest BCUT2D eigenvalue weighted by Crippen LogP contribution is -2.04. The van der Waals surface area contributed by atoms with E-state index in [9.17, 15) is 4.79 Å². The van der Waals surface area contributed by atoms with Crippen molar-refractivity contribution in [3.8, 4) is 0 Å². The number of rotatable bonds is 3. The molecule has 0 radical (unpaired) electrons. The van der Waals surface area contributed by atoms with Gasteiger partial charge < -0.3 is 4.74 Å². The minimum absolute atomic E-state index is 0.237. The van der Waals surface area contributed by atoms with E-state index in [0.717, 1.165) is 4.88 Å². The van der Waals surface area contributed by atoms with Crippen molar-refractivity contribution in [2.75, 3.05) is 6.61 Å². The van der Waals surface area contributed by atoms with Crippen LogP contribution in [-0.2, 0) is 9.53 Å². The summed E-state index contributed by atoms with van der Waals surface area (Å²) < 4.78 is 4.88. The van der Waals surface area contributed by atoms with Crippen LogP contribution in [0.4, 0.5) is 0 Å². The van der Waals surface area contributed by atoms with E-state index in [0.29, 0.717) is 12.2 Å². The molecular weight excluding hydrogens is 196 g/mol. The molecule has 0 amide bonds. The second kappa shape index (κ2) is 4.96. The van der Waals surface area contributed by atoms with Gasteiger partial charge in [-0.3, -0.25) is 0 Å². The highest BCUT2D eigenvalue weighted by molar-refractivity contribution is 7.11. The first-order chi connectivity index (χ1) is 6.63. The molecule has 14 heavy (non-hydrogen) atoms. The second-order valence-corrected chi connectivity index (χ2v) is 4.02. The van der Waals surface area contributed by atoms with Gasteiger partial charge in [-0.25, -0.2) is 4.79 Å². The third-order valence-electron chi connectivity index (χ3n) is 1.71. The number of aryl methyl sites for hydroxylation is 1. The molecule has 76 valence electrons. The molecule has 0 saturated heterocycles. The maximum atomic E-state index is 11.3. The summed E-state index contributed by atoms with van der Waals surface area (Å²) in [4.78, 5) is 12.4. The molecule has 3 heteroatoms. The van der Waals surface area contributed by atoms with Crippen molar-refractivity contribution in [3.63, 3.8) is 0 Å². The summed E-state index contributed by atoms with van der Waals surface area (Å²) in [6, 6.07) is 2.05. The molecule has 0 atom stereocenters. The van der Waals surface area contributed by atoms with E-state index in [4.69, 9.17) is 4.74 Å². The Morgan fingerprint density at radius 1 is 1.64 bits per heavy atom. The van der Waals surface area contributed by atoms with Gasteiger partial charge in [0.25, 0.3) is 0 Å². The fourth-order valence-electron chi connectivity index (χ4n) is 1.05. The largest absolute Gasteiger partial charge is 0.463 e. The lowest BCUT2D eigenvalue weighted by molar-refractivity contribution is -0.138. The predicted molar refractivity (Wildman–Crippen MR) is 59.3 cm³/mol. The molecule has 0 aliphatic rings. The van der Waals surface area contributed by atoms with Gasteiger partial charge in [-0.2, -0.15) is 0 Å². The summed E-state index contributed by atoms with van der Waals surface area (Å²) in [6.45, 7) is 6.04. The number of hydrogen-bond acceptors (Lipinski definition) is 3. The van der Waals surface area contributed by atoms with Crippen molar-refractivity contribution in [3.05, 3.63) is 27.5 Å². The Kier molecular flexibility index (Phi) is 3.89. The Morgan fingerprint density at radius 3 is 2.86 bits per heavy atom. The quantitative estimate of drug-likeness (QED) is 0.566. The number of esters is 1. The van der Waals surface area contributed by atoms with Crippen molar-refractivity contribution < 1.29 is 9.53 Å². The zero-order valence-corrected chi connectivity index (χ0v) is 9.48. The Bertz CT molecular complexity index is 350. The fraction of sp³-hybridized carbons (Fsp3) is 0.364. The van der Waals surface area contributed by atoms with Crippen LogP contribution in [0.5, 0.6) is 0 Å². The summed E-state index contributed by atoms with van der Waals surface area (Å²) >= 11 is 1.63. The summed E-state index contributed by atoms with van der Waals surface area (Å²) in [7, 11) is 0. The molecule has 2 nitrogen and oxygen atoms in total. The third kappa shape index (κ3) is 3.00. The lowest BCUT2D eigenvalue weighted by Gasteiger charge is -1.99. The maximum Gasteiger partial charge on any atom is 0.333 e. The minimum atomic E-state index is -0.237. The first-order valence-corrected chi connectivity index (χ1v) is 5.42. The monoisotopic (exact) mass is 210 g/mol. The molecule has 0 aromatic carbocycles. The predicted octanol–water partition coefficient (Wildman–Crippen LogP) is 3.02. The molecule has 0 aliphatic carbocycles. The van der Waals surface area contributed by atoms with Crippen LogP contribution in [0.2, 0.25) is 0 Å². The Morgan fingerprint density at radius 2 is 2.36 bits per heavy atom. The molecule has 0 fully saturated rings. The van der Waals surface area contributed by atoms with Crippen LogP contribution >= 0.6 is 11.3 Å². The summed E-state index contributed by atoms with van der Waals surface area (Å²) in [5.41, 5.74) is 1.87. The van der Waals surface area contributed by atoms with Gasteiger partial charge in [-0.05, 0) is 43.9 Å². The smallest absolute Gasteiger partial charge is 0.333 e. The first-order valence-electron chi connectivity index (χ1n) is 4.54. The molecule has 0 N–H and O–H groups in total. The fourth-order valence-corrected chi connectivity index (χ4v) is 1.94. The topological polar surface area (TPSA) is 26.3 Å². The lowest BCUT2D eigenvalue weighted by atomic mass is 10.2. The number of hydrogen-bond donors (Lipinski definition) is 0. The van der Waals surface area contributed by atoms with E-state index in [-0.39, 0.29) is 5.97 Å². The van der Waals surface area contributed by atoms with Crippen molar-refractivity contribution in [1.29, 1.82) is 0 Å². The molecule has 1 heterocycles. The molecular formula is C11H14O2S. The van der Waals surface area contributed by atoms with Crippen molar-refractivity contribution in [2.24, 2.45) is 0 Å². The summed E-state index contributed by atoms with van der Waals surface area (Å²) in [5, 5.41) is 2.06. The van der Waals surface area contributed by atoms with E-state index in [2.05, 4.69) is 5.38 Å². The second-order valence-electron chi connectivity index (χ2n) is 3.07. The zero-order valence-electron chi connectivity index (χ0n) is 8.66. The SMILES string of the molecule is CCOC(=O)/C(C)=C/c1cc(C)cs1. The van der Waals surface area contributed by atoms with Crippen LogP contribution in [-0.4, -0.2) is 12.6 Å². The van der Waals surface area contributed by atoms with Gasteiger partial charge in [0.1, 0.15) is 0 Å². The molecule has 1 aromatic heterocycles. The van der Waals surface area contributed by atoms with Gasteiger partial charge >= 0.3 is 5.97 Å². The van der Waals surface area contributed by atoms with Gasteiger partial charge in [0.15, 0.2) is 0 Å². The van der Waals surface area contributed by atoms with Gasteiger partial charge in [0, 0.05) is 10.5 Å². The van der Waals surface area contributed by atoms with Crippen LogP contribution in [0.3, 0.4) is 0 Å². The van der Waals surface area contributed by atoms with Gasteiger partial charge in [-0.15, -0.1) is 11.3 Å². The molecule has 1 aromatic rings. The van der Waals surface area contributed by atoms with Gasteiger partial charge in [-0.1, -0.05) is 0 Å². The summed E-state index contributed by atoms with van der Waals surface area (Å²) in [5.74, 6) is -0.237. The average molecular weight is 210 g/mol. The van der Waals surface area contributed by atoms with Crippen molar-refractivity contribution in [2.45, 2.75) is 20.8 Å². The van der Waals surface area contributed by atoms with E-state index in [1.165, 1.54) is 5.56 Å². The van der Waals surface area contributed by atoms with E-state index in [1.54, 1.807) is 25.2 Å². The molecule has 1 rings (SSSR count). The van der Waals surface area contributed by atoms with E-state index >= 15 is 0 Å². The standard InChI is InChI=1S/C11H14O2S/c1-4-13-11(12)9(3)6-10-5-8(2)7-14-10/h5-7H,4H2,1-3H3/b9-6+. The summed E-state index contributed by atoms with van der Waals surface area (Å²) in [6.07, 6.45) is 1.86. The zero-order chi connectivity index (χ0) is 10.6. The number of ether oxygens (including phenoxy) is 1. The normalized spacial score (nSPS) is 11.5. The minimum Gasteiger partial charge on any atom is -0.463 e. The van der Waals surface area contributed by atoms with Crippen LogP contribution in [0.15, 0.2) is 17.0 Å². The highest BCUT2D eigenvalue weighted by atomic mass is 32.1. The number of carbonyl (C=O) groups is 1. The Balaban J connectivity index is 2.73. The van der Waals surface area contributed by atoms with Crippen LogP contribution in [0.25, 0.3) is 6.08 Å². The maximum absolute atomic E-state index is 11.3. The Hall–Kier alpha value is -1.09. The molecule has 0 spiro atoms. The third-order valence-corrected chi connectivity index (χ3v) is 2.70. The van der Waals surface area contributed by atoms with Crippen LogP contribution in [0, 0.1) is 6.92 Å².